The van der Waals surface area contributed by atoms with E-state index in [-0.39, 0.29) is 16.9 Å². The van der Waals surface area contributed by atoms with Crippen LogP contribution in [-0.4, -0.2) is 9.13 Å². The van der Waals surface area contributed by atoms with E-state index in [1.54, 1.807) is 7.05 Å². The molecule has 0 fully saturated rings. The number of hydrogen-bond acceptors (Lipinski definition) is 3. The van der Waals surface area contributed by atoms with Gasteiger partial charge >= 0.3 is 5.69 Å². The third kappa shape index (κ3) is 1.86. The van der Waals surface area contributed by atoms with E-state index in [0.29, 0.717) is 6.54 Å². The van der Waals surface area contributed by atoms with E-state index in [2.05, 4.69) is 0 Å². The van der Waals surface area contributed by atoms with Crippen molar-refractivity contribution in [2.75, 3.05) is 5.73 Å². The number of nitrogens with two attached hydrogens (primary N) is 1. The zero-order valence-electron chi connectivity index (χ0n) is 8.49. The predicted octanol–water partition coefficient (Wildman–Crippen LogP) is -0.0707. The van der Waals surface area contributed by atoms with E-state index in [9.17, 15) is 9.59 Å². The van der Waals surface area contributed by atoms with Crippen molar-refractivity contribution >= 4 is 5.69 Å². The first kappa shape index (κ1) is 10.6. The van der Waals surface area contributed by atoms with Gasteiger partial charge in [-0.1, -0.05) is 13.3 Å². The van der Waals surface area contributed by atoms with E-state index in [1.807, 2.05) is 6.92 Å². The van der Waals surface area contributed by atoms with Crippen molar-refractivity contribution in [2.24, 2.45) is 7.05 Å². The van der Waals surface area contributed by atoms with Crippen molar-refractivity contribution < 1.29 is 0 Å². The average Bonchev–Trinajstić information content (AvgIpc) is 2.15. The van der Waals surface area contributed by atoms with Gasteiger partial charge in [0.25, 0.3) is 5.56 Å². The van der Waals surface area contributed by atoms with Crippen LogP contribution in [0.4, 0.5) is 5.69 Å². The Morgan fingerprint density at radius 1 is 1.43 bits per heavy atom. The quantitative estimate of drug-likeness (QED) is 0.737. The lowest BCUT2D eigenvalue weighted by molar-refractivity contribution is 0.559. The second kappa shape index (κ2) is 4.13. The number of nitrogen functional groups attached to an aromatic ring is 1. The van der Waals surface area contributed by atoms with Gasteiger partial charge in [-0.2, -0.15) is 0 Å². The molecule has 0 amide bonds. The summed E-state index contributed by atoms with van der Waals surface area (Å²) in [4.78, 5) is 23.0. The number of anilines is 1. The van der Waals surface area contributed by atoms with Crippen molar-refractivity contribution in [2.45, 2.75) is 26.3 Å². The third-order valence-corrected chi connectivity index (χ3v) is 2.09. The van der Waals surface area contributed by atoms with Crippen molar-refractivity contribution in [3.63, 3.8) is 0 Å². The lowest BCUT2D eigenvalue weighted by Crippen LogP contribution is -2.39. The van der Waals surface area contributed by atoms with Crippen molar-refractivity contribution in [3.05, 3.63) is 27.0 Å². The summed E-state index contributed by atoms with van der Waals surface area (Å²) in [5, 5.41) is 0. The van der Waals surface area contributed by atoms with E-state index in [4.69, 9.17) is 5.73 Å². The Labute approximate surface area is 81.8 Å². The number of nitrogens with zero attached hydrogens (tertiary/aromatic N) is 2. The maximum Gasteiger partial charge on any atom is 0.330 e. The van der Waals surface area contributed by atoms with Gasteiger partial charge in [0.2, 0.25) is 0 Å². The average molecular weight is 197 g/mol. The first-order valence-corrected chi connectivity index (χ1v) is 4.64. The standard InChI is InChI=1S/C9H15N3O2/c1-3-4-5-12-8(13)7(10)6-11(2)9(12)14/h6H,3-5,10H2,1-2H3. The molecule has 5 nitrogen and oxygen atoms in total. The Hall–Kier alpha value is -1.52. The Kier molecular flexibility index (Phi) is 3.11. The van der Waals surface area contributed by atoms with Gasteiger partial charge in [-0.3, -0.25) is 9.36 Å². The second-order valence-corrected chi connectivity index (χ2v) is 3.29. The Balaban J connectivity index is 3.26. The second-order valence-electron chi connectivity index (χ2n) is 3.29. The summed E-state index contributed by atoms with van der Waals surface area (Å²) in [7, 11) is 1.58. The lowest BCUT2D eigenvalue weighted by atomic mass is 10.3. The molecule has 0 aliphatic rings. The molecule has 0 saturated carbocycles. The van der Waals surface area contributed by atoms with E-state index < -0.39 is 0 Å². The molecule has 1 rings (SSSR count). The molecule has 0 atom stereocenters. The largest absolute Gasteiger partial charge is 0.393 e. The van der Waals surface area contributed by atoms with Crippen LogP contribution in [0.1, 0.15) is 19.8 Å². The first-order chi connectivity index (χ1) is 6.57. The molecular formula is C9H15N3O2. The van der Waals surface area contributed by atoms with Gasteiger partial charge in [0.15, 0.2) is 0 Å². The molecule has 0 radical (unpaired) electrons. The molecule has 14 heavy (non-hydrogen) atoms. The van der Waals surface area contributed by atoms with Crippen LogP contribution < -0.4 is 17.0 Å². The molecule has 0 bridgehead atoms. The van der Waals surface area contributed by atoms with E-state index in [0.717, 1.165) is 12.8 Å². The molecule has 0 aliphatic carbocycles. The van der Waals surface area contributed by atoms with Crippen molar-refractivity contribution in [3.8, 4) is 0 Å². The van der Waals surface area contributed by atoms with Gasteiger partial charge in [-0.15, -0.1) is 0 Å². The monoisotopic (exact) mass is 197 g/mol. The van der Waals surface area contributed by atoms with Gasteiger partial charge < -0.3 is 10.3 Å². The molecule has 2 N–H and O–H groups in total. The van der Waals surface area contributed by atoms with Crippen LogP contribution in [0.3, 0.4) is 0 Å². The topological polar surface area (TPSA) is 70.0 Å². The van der Waals surface area contributed by atoms with Gasteiger partial charge in [-0.05, 0) is 6.42 Å². The number of unbranched alkanes of at least 4 members (excludes halogenated alkanes) is 1. The Morgan fingerprint density at radius 2 is 2.07 bits per heavy atom. The molecule has 0 aliphatic heterocycles. The lowest BCUT2D eigenvalue weighted by Gasteiger charge is -2.06. The predicted molar refractivity (Wildman–Crippen MR) is 55.3 cm³/mol. The van der Waals surface area contributed by atoms with Crippen LogP contribution in [0.25, 0.3) is 0 Å². The van der Waals surface area contributed by atoms with Crippen molar-refractivity contribution in [1.82, 2.24) is 9.13 Å². The minimum absolute atomic E-state index is 0.114. The van der Waals surface area contributed by atoms with Crippen LogP contribution in [0, 0.1) is 0 Å². The third-order valence-electron chi connectivity index (χ3n) is 2.09. The highest BCUT2D eigenvalue weighted by Crippen LogP contribution is 1.91. The fraction of sp³-hybridized carbons (Fsp3) is 0.556. The Bertz CT molecular complexity index is 396. The smallest absolute Gasteiger partial charge is 0.330 e. The number of aryl methyl sites for hydroxylation is 1. The van der Waals surface area contributed by atoms with Crippen molar-refractivity contribution in [1.29, 1.82) is 0 Å². The minimum atomic E-state index is -0.387. The summed E-state index contributed by atoms with van der Waals surface area (Å²) in [6.45, 7) is 2.44. The highest BCUT2D eigenvalue weighted by atomic mass is 16.2. The van der Waals surface area contributed by atoms with Crippen LogP contribution in [-0.2, 0) is 13.6 Å². The van der Waals surface area contributed by atoms with E-state index >= 15 is 0 Å². The summed E-state index contributed by atoms with van der Waals surface area (Å²) < 4.78 is 2.51. The fourth-order valence-electron chi connectivity index (χ4n) is 1.27. The fourth-order valence-corrected chi connectivity index (χ4v) is 1.27. The summed E-state index contributed by atoms with van der Waals surface area (Å²) in [5.41, 5.74) is 4.89. The first-order valence-electron chi connectivity index (χ1n) is 4.64. The summed E-state index contributed by atoms with van der Waals surface area (Å²) in [5.74, 6) is 0. The molecule has 0 spiro atoms. The molecule has 1 heterocycles. The van der Waals surface area contributed by atoms with E-state index in [1.165, 1.54) is 15.3 Å². The molecule has 1 aromatic rings. The molecule has 0 saturated heterocycles. The van der Waals surface area contributed by atoms with Crippen LogP contribution in [0.15, 0.2) is 15.8 Å². The minimum Gasteiger partial charge on any atom is -0.393 e. The Morgan fingerprint density at radius 3 is 2.64 bits per heavy atom. The highest BCUT2D eigenvalue weighted by Gasteiger charge is 2.05. The highest BCUT2D eigenvalue weighted by molar-refractivity contribution is 5.30. The summed E-state index contributed by atoms with van der Waals surface area (Å²) in [6, 6.07) is 0. The molecule has 0 aromatic carbocycles. The maximum atomic E-state index is 11.5. The number of hydrogen-bond donors (Lipinski definition) is 1. The van der Waals surface area contributed by atoms with Gasteiger partial charge in [-0.25, -0.2) is 4.79 Å². The summed E-state index contributed by atoms with van der Waals surface area (Å²) >= 11 is 0. The number of aromatic nitrogens is 2. The normalized spacial score (nSPS) is 10.4. The molecular weight excluding hydrogens is 182 g/mol. The maximum absolute atomic E-state index is 11.5. The molecule has 78 valence electrons. The molecule has 5 heteroatoms. The van der Waals surface area contributed by atoms with Gasteiger partial charge in [0, 0.05) is 19.8 Å². The summed E-state index contributed by atoms with van der Waals surface area (Å²) in [6.07, 6.45) is 3.09. The number of rotatable bonds is 3. The van der Waals surface area contributed by atoms with Crippen LogP contribution in [0.5, 0.6) is 0 Å². The van der Waals surface area contributed by atoms with Gasteiger partial charge in [0.1, 0.15) is 5.69 Å². The van der Waals surface area contributed by atoms with Crippen LogP contribution in [0.2, 0.25) is 0 Å². The zero-order valence-corrected chi connectivity index (χ0v) is 8.49. The molecule has 1 aromatic heterocycles. The van der Waals surface area contributed by atoms with Crippen LogP contribution >= 0.6 is 0 Å². The molecule has 0 unspecified atom stereocenters. The SMILES string of the molecule is CCCCn1c(=O)c(N)cn(C)c1=O. The zero-order chi connectivity index (χ0) is 10.7. The van der Waals surface area contributed by atoms with Gasteiger partial charge in [0.05, 0.1) is 0 Å².